The van der Waals surface area contributed by atoms with Crippen molar-refractivity contribution in [1.82, 2.24) is 14.5 Å². The number of nitrogens with one attached hydrogen (secondary N) is 1. The molecule has 3 aromatic rings. The van der Waals surface area contributed by atoms with Gasteiger partial charge in [0.05, 0.1) is 12.0 Å². The Morgan fingerprint density at radius 1 is 1.12 bits per heavy atom. The van der Waals surface area contributed by atoms with Gasteiger partial charge in [0.2, 0.25) is 15.9 Å². The van der Waals surface area contributed by atoms with Crippen molar-refractivity contribution < 1.29 is 22.4 Å². The zero-order chi connectivity index (χ0) is 23.4. The summed E-state index contributed by atoms with van der Waals surface area (Å²) in [4.78, 5) is 12.8. The van der Waals surface area contributed by atoms with Crippen molar-refractivity contribution in [2.75, 3.05) is 19.0 Å². The molecule has 2 aromatic carbocycles. The number of amides is 1. The molecule has 2 heterocycles. The van der Waals surface area contributed by atoms with E-state index in [1.807, 2.05) is 6.92 Å². The molecule has 0 aliphatic carbocycles. The molecule has 1 N–H and O–H groups in total. The molecule has 9 nitrogen and oxygen atoms in total. The first-order valence-corrected chi connectivity index (χ1v) is 12.3. The number of hydrogen-bond donors (Lipinski definition) is 1. The second-order valence-electron chi connectivity index (χ2n) is 7.79. The van der Waals surface area contributed by atoms with Crippen LogP contribution in [-0.4, -0.2) is 48.5 Å². The highest BCUT2D eigenvalue weighted by molar-refractivity contribution is 7.89. The fourth-order valence-electron chi connectivity index (χ4n) is 3.91. The molecule has 1 aromatic heterocycles. The molecular formula is C23H26N4O5S. The van der Waals surface area contributed by atoms with Crippen LogP contribution in [0.25, 0.3) is 11.5 Å². The minimum absolute atomic E-state index is 0.0177. The van der Waals surface area contributed by atoms with Crippen LogP contribution in [0.4, 0.5) is 6.01 Å². The lowest BCUT2D eigenvalue weighted by atomic mass is 10.0. The Bertz CT molecular complexity index is 1210. The number of hydrogen-bond acceptors (Lipinski definition) is 7. The molecular weight excluding hydrogens is 444 g/mol. The van der Waals surface area contributed by atoms with Crippen molar-refractivity contribution in [3.63, 3.8) is 0 Å². The Kier molecular flexibility index (Phi) is 6.75. The van der Waals surface area contributed by atoms with Gasteiger partial charge in [-0.2, -0.15) is 4.31 Å². The summed E-state index contributed by atoms with van der Waals surface area (Å²) in [6.45, 7) is 2.53. The third-order valence-electron chi connectivity index (χ3n) is 5.75. The van der Waals surface area contributed by atoms with Crippen molar-refractivity contribution in [2.45, 2.75) is 43.5 Å². The first kappa shape index (κ1) is 22.9. The van der Waals surface area contributed by atoms with Gasteiger partial charge in [0.15, 0.2) is 0 Å². The van der Waals surface area contributed by atoms with E-state index >= 15 is 0 Å². The Morgan fingerprint density at radius 2 is 1.85 bits per heavy atom. The van der Waals surface area contributed by atoms with Gasteiger partial charge in [-0.1, -0.05) is 18.4 Å². The van der Waals surface area contributed by atoms with Crippen molar-refractivity contribution in [3.05, 3.63) is 54.1 Å². The molecule has 0 bridgehead atoms. The van der Waals surface area contributed by atoms with Gasteiger partial charge in [0.1, 0.15) is 5.75 Å². The van der Waals surface area contributed by atoms with E-state index in [2.05, 4.69) is 15.5 Å². The predicted molar refractivity (Wildman–Crippen MR) is 123 cm³/mol. The number of carbonyl (C=O) groups excluding carboxylic acids is 1. The lowest BCUT2D eigenvalue weighted by molar-refractivity contribution is 0.102. The number of anilines is 1. The summed E-state index contributed by atoms with van der Waals surface area (Å²) >= 11 is 0. The molecule has 174 valence electrons. The van der Waals surface area contributed by atoms with Crippen molar-refractivity contribution in [3.8, 4) is 17.2 Å². The van der Waals surface area contributed by atoms with E-state index in [0.29, 0.717) is 17.9 Å². The maximum atomic E-state index is 13.1. The van der Waals surface area contributed by atoms with Gasteiger partial charge in [-0.15, -0.1) is 5.10 Å². The minimum atomic E-state index is -3.61. The number of sulfonamides is 1. The van der Waals surface area contributed by atoms with Crippen LogP contribution in [-0.2, 0) is 10.0 Å². The fraction of sp³-hybridized carbons (Fsp3) is 0.348. The summed E-state index contributed by atoms with van der Waals surface area (Å²) in [5.74, 6) is 0.470. The molecule has 10 heteroatoms. The summed E-state index contributed by atoms with van der Waals surface area (Å²) in [5.41, 5.74) is 0.963. The third-order valence-corrected chi connectivity index (χ3v) is 7.72. The summed E-state index contributed by atoms with van der Waals surface area (Å²) in [6.07, 6.45) is 3.56. The summed E-state index contributed by atoms with van der Waals surface area (Å²) < 4.78 is 38.4. The molecule has 1 aliphatic rings. The molecule has 0 saturated carbocycles. The summed E-state index contributed by atoms with van der Waals surface area (Å²) in [5, 5.41) is 10.3. The number of methoxy groups -OCH3 is 1. The topological polar surface area (TPSA) is 115 Å². The average Bonchev–Trinajstić information content (AvgIpc) is 3.32. The van der Waals surface area contributed by atoms with Gasteiger partial charge in [-0.05, 0) is 67.8 Å². The van der Waals surface area contributed by atoms with E-state index in [9.17, 15) is 13.2 Å². The van der Waals surface area contributed by atoms with Crippen molar-refractivity contribution >= 4 is 21.9 Å². The molecule has 0 spiro atoms. The minimum Gasteiger partial charge on any atom is -0.497 e. The van der Waals surface area contributed by atoms with Crippen molar-refractivity contribution in [2.24, 2.45) is 0 Å². The largest absolute Gasteiger partial charge is 0.497 e. The Morgan fingerprint density at radius 3 is 2.52 bits per heavy atom. The summed E-state index contributed by atoms with van der Waals surface area (Å²) in [7, 11) is -2.03. The van der Waals surface area contributed by atoms with Gasteiger partial charge >= 0.3 is 6.01 Å². The number of ether oxygens (including phenoxy) is 1. The molecule has 33 heavy (non-hydrogen) atoms. The highest BCUT2D eigenvalue weighted by Gasteiger charge is 2.32. The standard InChI is InChI=1S/C23H26N4O5S/c1-3-18-6-4-5-15-27(18)33(29,30)20-13-9-16(10-14-20)21(28)24-23-26-25-22(32-23)17-7-11-19(31-2)12-8-17/h7-14,18H,3-6,15H2,1-2H3,(H,24,26,28). The fourth-order valence-corrected chi connectivity index (χ4v) is 5.67. The number of nitrogens with zero attached hydrogens (tertiary/aromatic N) is 3. The second-order valence-corrected chi connectivity index (χ2v) is 9.68. The average molecular weight is 471 g/mol. The monoisotopic (exact) mass is 470 g/mol. The van der Waals surface area contributed by atoms with Crippen molar-refractivity contribution in [1.29, 1.82) is 0 Å². The lowest BCUT2D eigenvalue weighted by Crippen LogP contribution is -2.43. The number of carbonyl (C=O) groups is 1. The van der Waals surface area contributed by atoms with Gasteiger partial charge < -0.3 is 9.15 Å². The molecule has 4 rings (SSSR count). The Balaban J connectivity index is 1.45. The molecule has 1 unspecified atom stereocenters. The zero-order valence-corrected chi connectivity index (χ0v) is 19.3. The van der Waals surface area contributed by atoms with Gasteiger partial charge in [-0.3, -0.25) is 10.1 Å². The van der Waals surface area contributed by atoms with Gasteiger partial charge in [-0.25, -0.2) is 8.42 Å². The van der Waals surface area contributed by atoms with Crippen LogP contribution in [0.2, 0.25) is 0 Å². The first-order valence-electron chi connectivity index (χ1n) is 10.8. The molecule has 1 amide bonds. The SMILES string of the molecule is CCC1CCCCN1S(=O)(=O)c1ccc(C(=O)Nc2nnc(-c3ccc(OC)cc3)o2)cc1. The van der Waals surface area contributed by atoms with Crippen LogP contribution in [0.15, 0.2) is 57.8 Å². The van der Waals surface area contributed by atoms with Crippen LogP contribution in [0.3, 0.4) is 0 Å². The van der Waals surface area contributed by atoms with E-state index in [4.69, 9.17) is 9.15 Å². The third kappa shape index (κ3) is 4.91. The maximum absolute atomic E-state index is 13.1. The zero-order valence-electron chi connectivity index (χ0n) is 18.5. The van der Waals surface area contributed by atoms with Crippen LogP contribution < -0.4 is 10.1 Å². The molecule has 1 atom stereocenters. The molecule has 1 fully saturated rings. The van der Waals surface area contributed by atoms with Crippen LogP contribution in [0.5, 0.6) is 5.75 Å². The van der Waals surface area contributed by atoms with Crippen LogP contribution in [0, 0.1) is 0 Å². The van der Waals surface area contributed by atoms with Gasteiger partial charge in [0.25, 0.3) is 5.91 Å². The van der Waals surface area contributed by atoms with Crippen LogP contribution in [0.1, 0.15) is 43.0 Å². The smallest absolute Gasteiger partial charge is 0.322 e. The Hall–Kier alpha value is -3.24. The normalized spacial score (nSPS) is 17.0. The second kappa shape index (κ2) is 9.72. The highest BCUT2D eigenvalue weighted by atomic mass is 32.2. The van der Waals surface area contributed by atoms with E-state index in [-0.39, 0.29) is 28.4 Å². The Labute approximate surface area is 192 Å². The first-order chi connectivity index (χ1) is 15.9. The molecule has 1 aliphatic heterocycles. The lowest BCUT2D eigenvalue weighted by Gasteiger charge is -2.34. The van der Waals surface area contributed by atoms with E-state index in [1.165, 1.54) is 24.3 Å². The van der Waals surface area contributed by atoms with Crippen LogP contribution >= 0.6 is 0 Å². The number of piperidine rings is 1. The molecule has 1 saturated heterocycles. The van der Waals surface area contributed by atoms with Gasteiger partial charge in [0, 0.05) is 23.7 Å². The number of rotatable bonds is 7. The molecule has 0 radical (unpaired) electrons. The summed E-state index contributed by atoms with van der Waals surface area (Å²) in [6, 6.07) is 12.9. The number of benzene rings is 2. The van der Waals surface area contributed by atoms with E-state index in [1.54, 1.807) is 35.7 Å². The highest BCUT2D eigenvalue weighted by Crippen LogP contribution is 2.27. The predicted octanol–water partition coefficient (Wildman–Crippen LogP) is 3.95. The quantitative estimate of drug-likeness (QED) is 0.556. The van der Waals surface area contributed by atoms with E-state index in [0.717, 1.165) is 25.7 Å². The number of aromatic nitrogens is 2. The van der Waals surface area contributed by atoms with E-state index < -0.39 is 15.9 Å². The maximum Gasteiger partial charge on any atom is 0.322 e.